The van der Waals surface area contributed by atoms with Gasteiger partial charge in [-0.05, 0) is 32.1 Å². The highest BCUT2D eigenvalue weighted by atomic mass is 32.2. The van der Waals surface area contributed by atoms with Crippen LogP contribution in [0.2, 0.25) is 0 Å². The van der Waals surface area contributed by atoms with Crippen LogP contribution >= 0.6 is 11.8 Å². The molecule has 1 aromatic rings. The number of anilines is 1. The molecule has 19 heavy (non-hydrogen) atoms. The average Bonchev–Trinajstić information content (AvgIpc) is 3.01. The van der Waals surface area contributed by atoms with Crippen LogP contribution in [0.4, 0.5) is 6.01 Å². The van der Waals surface area contributed by atoms with Crippen LogP contribution in [-0.4, -0.2) is 33.8 Å². The van der Waals surface area contributed by atoms with E-state index in [1.165, 1.54) is 19.3 Å². The van der Waals surface area contributed by atoms with E-state index in [-0.39, 0.29) is 6.04 Å². The highest BCUT2D eigenvalue weighted by Crippen LogP contribution is 2.32. The van der Waals surface area contributed by atoms with Gasteiger partial charge in [0, 0.05) is 11.3 Å². The topological polar surface area (TPSA) is 63.0 Å². The predicted octanol–water partition coefficient (Wildman–Crippen LogP) is 2.83. The summed E-state index contributed by atoms with van der Waals surface area (Å²) in [5, 5.41) is 15.5. The first-order valence-electron chi connectivity index (χ1n) is 7.19. The molecular weight excluding hydrogens is 260 g/mol. The zero-order valence-corrected chi connectivity index (χ0v) is 12.8. The Labute approximate surface area is 119 Å². The molecule has 0 saturated heterocycles. The fraction of sp³-hybridized carbons (Fsp3) is 0.846. The summed E-state index contributed by atoms with van der Waals surface area (Å²) in [5.41, 5.74) is 0. The molecule has 1 aliphatic carbocycles. The third-order valence-corrected chi connectivity index (χ3v) is 4.79. The molecule has 1 saturated carbocycles. The van der Waals surface area contributed by atoms with Gasteiger partial charge in [0.05, 0.1) is 6.04 Å². The second-order valence-corrected chi connectivity index (χ2v) is 6.42. The van der Waals surface area contributed by atoms with Gasteiger partial charge < -0.3 is 15.1 Å². The van der Waals surface area contributed by atoms with Crippen molar-refractivity contribution >= 4 is 17.8 Å². The summed E-state index contributed by atoms with van der Waals surface area (Å²) in [7, 11) is 0. The molecule has 0 aliphatic heterocycles. The first kappa shape index (κ1) is 14.7. The van der Waals surface area contributed by atoms with Crippen molar-refractivity contribution in [3.8, 4) is 0 Å². The lowest BCUT2D eigenvalue weighted by Gasteiger charge is -2.18. The van der Waals surface area contributed by atoms with Gasteiger partial charge in [-0.1, -0.05) is 25.4 Å². The van der Waals surface area contributed by atoms with Crippen molar-refractivity contribution in [2.75, 3.05) is 17.6 Å². The minimum Gasteiger partial charge on any atom is -0.406 e. The Morgan fingerprint density at radius 3 is 2.95 bits per heavy atom. The number of hydrogen-bond donors (Lipinski definition) is 2. The highest BCUT2D eigenvalue weighted by Gasteiger charge is 2.28. The Morgan fingerprint density at radius 2 is 2.21 bits per heavy atom. The minimum atomic E-state index is 0.109. The van der Waals surface area contributed by atoms with E-state index < -0.39 is 0 Å². The van der Waals surface area contributed by atoms with Crippen LogP contribution in [-0.2, 0) is 0 Å². The van der Waals surface area contributed by atoms with Gasteiger partial charge in [0.1, 0.15) is 0 Å². The maximum atomic E-state index is 5.68. The van der Waals surface area contributed by atoms with E-state index in [0.717, 1.165) is 12.3 Å². The molecule has 108 valence electrons. The Kier molecular flexibility index (Phi) is 5.51. The van der Waals surface area contributed by atoms with Gasteiger partial charge in [0.2, 0.25) is 5.89 Å². The summed E-state index contributed by atoms with van der Waals surface area (Å²) in [6.45, 7) is 7.20. The SMILES string of the molecule is CCNC(C)c1nnc(NC2CCCC2SCC)o1. The van der Waals surface area contributed by atoms with Gasteiger partial charge in [0.15, 0.2) is 0 Å². The van der Waals surface area contributed by atoms with Gasteiger partial charge in [0.25, 0.3) is 0 Å². The molecular formula is C13H24N4OS. The predicted molar refractivity (Wildman–Crippen MR) is 79.6 cm³/mol. The van der Waals surface area contributed by atoms with Crippen molar-refractivity contribution in [1.29, 1.82) is 0 Å². The summed E-state index contributed by atoms with van der Waals surface area (Å²) in [6, 6.07) is 1.14. The summed E-state index contributed by atoms with van der Waals surface area (Å²) < 4.78 is 5.68. The Balaban J connectivity index is 1.92. The lowest BCUT2D eigenvalue weighted by Crippen LogP contribution is -2.26. The first-order valence-corrected chi connectivity index (χ1v) is 8.24. The van der Waals surface area contributed by atoms with Crippen molar-refractivity contribution in [2.24, 2.45) is 0 Å². The summed E-state index contributed by atoms with van der Waals surface area (Å²) >= 11 is 2.02. The summed E-state index contributed by atoms with van der Waals surface area (Å²) in [4.78, 5) is 0. The Morgan fingerprint density at radius 1 is 1.37 bits per heavy atom. The van der Waals surface area contributed by atoms with Crippen LogP contribution < -0.4 is 10.6 Å². The standard InChI is InChI=1S/C13H24N4OS/c1-4-14-9(3)12-16-17-13(18-12)15-10-7-6-8-11(10)19-5-2/h9-11,14H,4-8H2,1-3H3,(H,15,17). The van der Waals surface area contributed by atoms with Crippen molar-refractivity contribution in [3.63, 3.8) is 0 Å². The van der Waals surface area contributed by atoms with Crippen LogP contribution in [0, 0.1) is 0 Å². The molecule has 1 aliphatic rings. The molecule has 1 heterocycles. The van der Waals surface area contributed by atoms with Gasteiger partial charge >= 0.3 is 6.01 Å². The molecule has 1 aromatic heterocycles. The van der Waals surface area contributed by atoms with E-state index in [9.17, 15) is 0 Å². The second kappa shape index (κ2) is 7.14. The molecule has 5 nitrogen and oxygen atoms in total. The zero-order chi connectivity index (χ0) is 13.7. The van der Waals surface area contributed by atoms with Gasteiger partial charge in [-0.3, -0.25) is 0 Å². The smallest absolute Gasteiger partial charge is 0.315 e. The normalized spacial score (nSPS) is 24.6. The highest BCUT2D eigenvalue weighted by molar-refractivity contribution is 7.99. The van der Waals surface area contributed by atoms with E-state index in [1.54, 1.807) is 0 Å². The molecule has 3 unspecified atom stereocenters. The van der Waals surface area contributed by atoms with E-state index in [0.29, 0.717) is 23.2 Å². The van der Waals surface area contributed by atoms with Crippen molar-refractivity contribution < 1.29 is 4.42 Å². The molecule has 0 spiro atoms. The van der Waals surface area contributed by atoms with Crippen LogP contribution in [0.3, 0.4) is 0 Å². The molecule has 3 atom stereocenters. The molecule has 0 aromatic carbocycles. The summed E-state index contributed by atoms with van der Waals surface area (Å²) in [6.07, 6.45) is 3.76. The maximum absolute atomic E-state index is 5.68. The third-order valence-electron chi connectivity index (χ3n) is 3.46. The van der Waals surface area contributed by atoms with Crippen LogP contribution in [0.25, 0.3) is 0 Å². The lowest BCUT2D eigenvalue weighted by molar-refractivity contribution is 0.426. The number of nitrogens with zero attached hydrogens (tertiary/aromatic N) is 2. The molecule has 0 radical (unpaired) electrons. The van der Waals surface area contributed by atoms with Crippen molar-refractivity contribution in [2.45, 2.75) is 57.4 Å². The van der Waals surface area contributed by atoms with Crippen molar-refractivity contribution in [1.82, 2.24) is 15.5 Å². The van der Waals surface area contributed by atoms with E-state index in [2.05, 4.69) is 34.7 Å². The molecule has 6 heteroatoms. The largest absolute Gasteiger partial charge is 0.406 e. The number of aromatic nitrogens is 2. The molecule has 0 bridgehead atoms. The zero-order valence-electron chi connectivity index (χ0n) is 12.0. The second-order valence-electron chi connectivity index (χ2n) is 4.90. The van der Waals surface area contributed by atoms with Gasteiger partial charge in [-0.2, -0.15) is 11.8 Å². The van der Waals surface area contributed by atoms with E-state index in [1.807, 2.05) is 18.7 Å². The van der Waals surface area contributed by atoms with Gasteiger partial charge in [-0.25, -0.2) is 0 Å². The molecule has 1 fully saturated rings. The lowest BCUT2D eigenvalue weighted by atomic mass is 10.2. The fourth-order valence-electron chi connectivity index (χ4n) is 2.52. The molecule has 2 rings (SSSR count). The fourth-order valence-corrected chi connectivity index (χ4v) is 3.72. The molecule has 0 amide bonds. The van der Waals surface area contributed by atoms with Crippen LogP contribution in [0.5, 0.6) is 0 Å². The number of rotatable bonds is 7. The summed E-state index contributed by atoms with van der Waals surface area (Å²) in [5.74, 6) is 1.82. The first-order chi connectivity index (χ1) is 9.24. The quantitative estimate of drug-likeness (QED) is 0.803. The number of hydrogen-bond acceptors (Lipinski definition) is 6. The minimum absolute atomic E-state index is 0.109. The average molecular weight is 284 g/mol. The number of thioether (sulfide) groups is 1. The van der Waals surface area contributed by atoms with Crippen molar-refractivity contribution in [3.05, 3.63) is 5.89 Å². The Bertz CT molecular complexity index is 384. The van der Waals surface area contributed by atoms with Gasteiger partial charge in [-0.15, -0.1) is 5.10 Å². The maximum Gasteiger partial charge on any atom is 0.315 e. The third kappa shape index (κ3) is 3.86. The van der Waals surface area contributed by atoms with Crippen LogP contribution in [0.15, 0.2) is 4.42 Å². The number of nitrogens with one attached hydrogen (secondary N) is 2. The van der Waals surface area contributed by atoms with E-state index in [4.69, 9.17) is 4.42 Å². The molecule has 2 N–H and O–H groups in total. The monoisotopic (exact) mass is 284 g/mol. The van der Waals surface area contributed by atoms with Crippen LogP contribution in [0.1, 0.15) is 52.0 Å². The van der Waals surface area contributed by atoms with E-state index >= 15 is 0 Å². The Hall–Kier alpha value is -0.750.